The van der Waals surface area contributed by atoms with E-state index in [1.807, 2.05) is 42.8 Å². The minimum absolute atomic E-state index is 0.0961. The molecule has 1 aromatic carbocycles. The van der Waals surface area contributed by atoms with E-state index in [1.54, 1.807) is 0 Å². The summed E-state index contributed by atoms with van der Waals surface area (Å²) in [7, 11) is 0. The number of hydrogen-bond donors (Lipinski definition) is 1. The number of carbonyl (C=O) groups is 1. The van der Waals surface area contributed by atoms with Crippen LogP contribution >= 0.6 is 11.6 Å². The minimum atomic E-state index is 0.0961. The maximum absolute atomic E-state index is 12.3. The summed E-state index contributed by atoms with van der Waals surface area (Å²) in [6.07, 6.45) is 5.04. The maximum atomic E-state index is 12.3. The zero-order chi connectivity index (χ0) is 16.4. The van der Waals surface area contributed by atoms with Gasteiger partial charge in [0, 0.05) is 22.3 Å². The third-order valence-electron chi connectivity index (χ3n) is 4.57. The molecule has 5 heteroatoms. The summed E-state index contributed by atoms with van der Waals surface area (Å²) >= 11 is 5.94. The van der Waals surface area contributed by atoms with Gasteiger partial charge < -0.3 is 5.32 Å². The SMILES string of the molecule is Cc1nn(-c2ccc(Cl)cc2)c(C)c1CC(=O)NC1CCCC1. The van der Waals surface area contributed by atoms with Gasteiger partial charge in [0.15, 0.2) is 0 Å². The van der Waals surface area contributed by atoms with Crippen molar-refractivity contribution in [1.29, 1.82) is 0 Å². The molecule has 23 heavy (non-hydrogen) atoms. The molecule has 1 aromatic heterocycles. The van der Waals surface area contributed by atoms with Crippen molar-refractivity contribution in [2.24, 2.45) is 0 Å². The van der Waals surface area contributed by atoms with Crippen LogP contribution < -0.4 is 5.32 Å². The smallest absolute Gasteiger partial charge is 0.224 e. The van der Waals surface area contributed by atoms with Crippen molar-refractivity contribution >= 4 is 17.5 Å². The molecular weight excluding hydrogens is 310 g/mol. The van der Waals surface area contributed by atoms with Crippen molar-refractivity contribution in [3.05, 3.63) is 46.2 Å². The molecule has 0 saturated heterocycles. The molecule has 0 atom stereocenters. The fourth-order valence-corrected chi connectivity index (χ4v) is 3.40. The van der Waals surface area contributed by atoms with Gasteiger partial charge in [-0.1, -0.05) is 24.4 Å². The van der Waals surface area contributed by atoms with E-state index in [0.717, 1.165) is 35.5 Å². The van der Waals surface area contributed by atoms with Crippen molar-refractivity contribution in [1.82, 2.24) is 15.1 Å². The van der Waals surface area contributed by atoms with Gasteiger partial charge >= 0.3 is 0 Å². The zero-order valence-corrected chi connectivity index (χ0v) is 14.4. The number of nitrogens with zero attached hydrogens (tertiary/aromatic N) is 2. The quantitative estimate of drug-likeness (QED) is 0.927. The van der Waals surface area contributed by atoms with Crippen LogP contribution in [0.4, 0.5) is 0 Å². The van der Waals surface area contributed by atoms with Crippen molar-refractivity contribution < 1.29 is 4.79 Å². The van der Waals surface area contributed by atoms with Crippen LogP contribution in [0.3, 0.4) is 0 Å². The third-order valence-corrected chi connectivity index (χ3v) is 4.82. The van der Waals surface area contributed by atoms with Crippen LogP contribution in [-0.4, -0.2) is 21.7 Å². The van der Waals surface area contributed by atoms with Crippen molar-refractivity contribution in [3.63, 3.8) is 0 Å². The van der Waals surface area contributed by atoms with E-state index in [0.29, 0.717) is 17.5 Å². The van der Waals surface area contributed by atoms with E-state index in [9.17, 15) is 4.79 Å². The van der Waals surface area contributed by atoms with Crippen LogP contribution in [0.25, 0.3) is 5.69 Å². The normalized spacial score (nSPS) is 15.1. The van der Waals surface area contributed by atoms with Gasteiger partial charge in [-0.05, 0) is 51.0 Å². The largest absolute Gasteiger partial charge is 0.353 e. The number of rotatable bonds is 4. The number of halogens is 1. The predicted molar refractivity (Wildman–Crippen MR) is 92.2 cm³/mol. The Bertz CT molecular complexity index is 700. The van der Waals surface area contributed by atoms with Gasteiger partial charge in [-0.3, -0.25) is 4.79 Å². The van der Waals surface area contributed by atoms with E-state index >= 15 is 0 Å². The Labute approximate surface area is 141 Å². The highest BCUT2D eigenvalue weighted by Crippen LogP contribution is 2.21. The summed E-state index contributed by atoms with van der Waals surface area (Å²) in [6, 6.07) is 7.92. The molecule has 1 aliphatic carbocycles. The van der Waals surface area contributed by atoms with Gasteiger partial charge in [0.05, 0.1) is 17.8 Å². The standard InChI is InChI=1S/C18H22ClN3O/c1-12-17(11-18(23)20-15-5-3-4-6-15)13(2)22(21-12)16-9-7-14(19)8-10-16/h7-10,15H,3-6,11H2,1-2H3,(H,20,23). The summed E-state index contributed by atoms with van der Waals surface area (Å²) < 4.78 is 1.88. The Morgan fingerprint density at radius 2 is 1.91 bits per heavy atom. The molecule has 1 aliphatic rings. The second kappa shape index (κ2) is 6.75. The topological polar surface area (TPSA) is 46.9 Å². The lowest BCUT2D eigenvalue weighted by atomic mass is 10.1. The summed E-state index contributed by atoms with van der Waals surface area (Å²) in [4.78, 5) is 12.3. The molecule has 3 rings (SSSR count). The summed E-state index contributed by atoms with van der Waals surface area (Å²) in [5.41, 5.74) is 3.87. The van der Waals surface area contributed by atoms with Gasteiger partial charge in [-0.2, -0.15) is 5.10 Å². The lowest BCUT2D eigenvalue weighted by Crippen LogP contribution is -2.33. The minimum Gasteiger partial charge on any atom is -0.353 e. The second-order valence-corrected chi connectivity index (χ2v) is 6.70. The molecular formula is C18H22ClN3O. The number of nitrogens with one attached hydrogen (secondary N) is 1. The Balaban J connectivity index is 1.77. The van der Waals surface area contributed by atoms with Crippen molar-refractivity contribution in [2.45, 2.75) is 52.0 Å². The van der Waals surface area contributed by atoms with E-state index in [-0.39, 0.29) is 5.91 Å². The summed E-state index contributed by atoms with van der Waals surface area (Å²) in [6.45, 7) is 3.96. The van der Waals surface area contributed by atoms with E-state index < -0.39 is 0 Å². The lowest BCUT2D eigenvalue weighted by molar-refractivity contribution is -0.121. The number of hydrogen-bond acceptors (Lipinski definition) is 2. The maximum Gasteiger partial charge on any atom is 0.224 e. The van der Waals surface area contributed by atoms with Gasteiger partial charge in [-0.25, -0.2) is 4.68 Å². The first-order valence-electron chi connectivity index (χ1n) is 8.15. The predicted octanol–water partition coefficient (Wildman–Crippen LogP) is 3.74. The zero-order valence-electron chi connectivity index (χ0n) is 13.6. The molecule has 0 unspecified atom stereocenters. The molecule has 1 fully saturated rings. The number of amides is 1. The highest BCUT2D eigenvalue weighted by atomic mass is 35.5. The molecule has 0 spiro atoms. The molecule has 1 amide bonds. The van der Waals surface area contributed by atoms with Crippen molar-refractivity contribution in [2.75, 3.05) is 0 Å². The average Bonchev–Trinajstić information content (AvgIpc) is 3.12. The Hall–Kier alpha value is -1.81. The van der Waals surface area contributed by atoms with Crippen LogP contribution in [0, 0.1) is 13.8 Å². The second-order valence-electron chi connectivity index (χ2n) is 6.26. The van der Waals surface area contributed by atoms with Gasteiger partial charge in [-0.15, -0.1) is 0 Å². The fraction of sp³-hybridized carbons (Fsp3) is 0.444. The Morgan fingerprint density at radius 3 is 2.57 bits per heavy atom. The van der Waals surface area contributed by atoms with Gasteiger partial charge in [0.2, 0.25) is 5.91 Å². The third kappa shape index (κ3) is 3.58. The Kier molecular flexibility index (Phi) is 4.71. The van der Waals surface area contributed by atoms with Crippen LogP contribution in [-0.2, 0) is 11.2 Å². The van der Waals surface area contributed by atoms with Crippen LogP contribution in [0.1, 0.15) is 42.6 Å². The fourth-order valence-electron chi connectivity index (χ4n) is 3.27. The number of aromatic nitrogens is 2. The molecule has 0 radical (unpaired) electrons. The van der Waals surface area contributed by atoms with E-state index in [4.69, 9.17) is 11.6 Å². The molecule has 1 heterocycles. The number of carbonyl (C=O) groups excluding carboxylic acids is 1. The summed E-state index contributed by atoms with van der Waals surface area (Å²) in [5, 5.41) is 8.43. The number of benzene rings is 1. The van der Waals surface area contributed by atoms with Crippen LogP contribution in [0.15, 0.2) is 24.3 Å². The monoisotopic (exact) mass is 331 g/mol. The highest BCUT2D eigenvalue weighted by Gasteiger charge is 2.20. The highest BCUT2D eigenvalue weighted by molar-refractivity contribution is 6.30. The van der Waals surface area contributed by atoms with Crippen molar-refractivity contribution in [3.8, 4) is 5.69 Å². The number of aryl methyl sites for hydroxylation is 1. The molecule has 122 valence electrons. The molecule has 0 aliphatic heterocycles. The first kappa shape index (κ1) is 16.1. The first-order valence-corrected chi connectivity index (χ1v) is 8.53. The van der Waals surface area contributed by atoms with E-state index in [2.05, 4.69) is 10.4 Å². The lowest BCUT2D eigenvalue weighted by Gasteiger charge is -2.12. The molecule has 1 N–H and O–H groups in total. The van der Waals surface area contributed by atoms with Crippen LogP contribution in [0.5, 0.6) is 0 Å². The molecule has 4 nitrogen and oxygen atoms in total. The average molecular weight is 332 g/mol. The Morgan fingerprint density at radius 1 is 1.26 bits per heavy atom. The molecule has 0 bridgehead atoms. The summed E-state index contributed by atoms with van der Waals surface area (Å²) in [5.74, 6) is 0.0961. The first-order chi connectivity index (χ1) is 11.0. The molecule has 1 saturated carbocycles. The van der Waals surface area contributed by atoms with E-state index in [1.165, 1.54) is 12.8 Å². The van der Waals surface area contributed by atoms with Gasteiger partial charge in [0.25, 0.3) is 0 Å². The molecule has 2 aromatic rings. The van der Waals surface area contributed by atoms with Crippen LogP contribution in [0.2, 0.25) is 5.02 Å². The van der Waals surface area contributed by atoms with Gasteiger partial charge in [0.1, 0.15) is 0 Å².